The Labute approximate surface area is 107 Å². The van der Waals surface area contributed by atoms with Crippen LogP contribution in [0.15, 0.2) is 24.3 Å². The molecule has 0 saturated heterocycles. The van der Waals surface area contributed by atoms with Crippen LogP contribution in [0.25, 0.3) is 0 Å². The van der Waals surface area contributed by atoms with Gasteiger partial charge in [-0.3, -0.25) is 0 Å². The van der Waals surface area contributed by atoms with Gasteiger partial charge in [-0.2, -0.15) is 0 Å². The van der Waals surface area contributed by atoms with Crippen molar-refractivity contribution in [3.8, 4) is 5.75 Å². The van der Waals surface area contributed by atoms with Gasteiger partial charge in [-0.15, -0.1) is 0 Å². The molecule has 3 heteroatoms. The molecule has 0 aromatic heterocycles. The first-order valence-electron chi connectivity index (χ1n) is 6.59. The molecule has 1 aromatic carbocycles. The van der Waals surface area contributed by atoms with Gasteiger partial charge < -0.3 is 9.16 Å². The third kappa shape index (κ3) is 3.33. The Kier molecular flexibility index (Phi) is 4.63. The van der Waals surface area contributed by atoms with Crippen molar-refractivity contribution < 1.29 is 9.16 Å². The zero-order valence-corrected chi connectivity index (χ0v) is 12.8. The summed E-state index contributed by atoms with van der Waals surface area (Å²) in [5.74, 6) is 1.70. The van der Waals surface area contributed by atoms with Gasteiger partial charge >= 0.3 is 0 Å². The third-order valence-corrected chi connectivity index (χ3v) is 4.25. The second kappa shape index (κ2) is 6.22. The lowest BCUT2D eigenvalue weighted by Gasteiger charge is -2.25. The van der Waals surface area contributed by atoms with Crippen molar-refractivity contribution in [2.24, 2.45) is 0 Å². The molecule has 0 heterocycles. The Hall–Kier alpha value is -0.803. The van der Waals surface area contributed by atoms with Gasteiger partial charge in [0.05, 0.1) is 0 Å². The molecular weight excluding hydrogens is 228 g/mol. The van der Waals surface area contributed by atoms with Crippen molar-refractivity contribution in [3.05, 3.63) is 29.8 Å². The molecule has 1 saturated carbocycles. The van der Waals surface area contributed by atoms with Crippen molar-refractivity contribution in [1.29, 1.82) is 0 Å². The SMILES string of the molecule is CC(O[SiH3])Oc1ccccc1C1CCCCC1. The minimum Gasteiger partial charge on any atom is -0.466 e. The summed E-state index contributed by atoms with van der Waals surface area (Å²) in [5.41, 5.74) is 1.37. The molecule has 1 aliphatic rings. The molecule has 1 aliphatic carbocycles. The zero-order chi connectivity index (χ0) is 12.1. The second-order valence-corrected chi connectivity index (χ2v) is 5.27. The maximum Gasteiger partial charge on any atom is 0.187 e. The van der Waals surface area contributed by atoms with Crippen molar-refractivity contribution in [1.82, 2.24) is 0 Å². The standard InChI is InChI=1S/C14H22O2Si/c1-11(16-17)15-14-10-6-5-9-13(14)12-7-3-2-4-8-12/h5-6,9-12H,2-4,7-8H2,1,17H3. The highest BCUT2D eigenvalue weighted by Gasteiger charge is 2.19. The van der Waals surface area contributed by atoms with Crippen LogP contribution in [-0.2, 0) is 4.43 Å². The minimum absolute atomic E-state index is 0.119. The van der Waals surface area contributed by atoms with E-state index in [0.29, 0.717) is 16.4 Å². The van der Waals surface area contributed by atoms with E-state index in [4.69, 9.17) is 9.16 Å². The van der Waals surface area contributed by atoms with Crippen LogP contribution in [0.2, 0.25) is 0 Å². The van der Waals surface area contributed by atoms with Crippen LogP contribution in [0.4, 0.5) is 0 Å². The molecular formula is C14H22O2Si. The van der Waals surface area contributed by atoms with Crippen LogP contribution >= 0.6 is 0 Å². The average molecular weight is 250 g/mol. The van der Waals surface area contributed by atoms with E-state index < -0.39 is 0 Å². The van der Waals surface area contributed by atoms with E-state index in [1.165, 1.54) is 37.7 Å². The van der Waals surface area contributed by atoms with Crippen LogP contribution in [0.1, 0.15) is 50.5 Å². The highest BCUT2D eigenvalue weighted by atomic mass is 28.2. The number of benzene rings is 1. The molecule has 0 aliphatic heterocycles. The van der Waals surface area contributed by atoms with E-state index in [1.807, 2.05) is 13.0 Å². The second-order valence-electron chi connectivity index (χ2n) is 4.79. The first kappa shape index (κ1) is 12.6. The fourth-order valence-electron chi connectivity index (χ4n) is 2.57. The van der Waals surface area contributed by atoms with E-state index in [-0.39, 0.29) is 6.29 Å². The Morgan fingerprint density at radius 2 is 1.88 bits per heavy atom. The molecule has 1 unspecified atom stereocenters. The van der Waals surface area contributed by atoms with Gasteiger partial charge in [-0.1, -0.05) is 37.5 Å². The van der Waals surface area contributed by atoms with Crippen LogP contribution in [0, 0.1) is 0 Å². The van der Waals surface area contributed by atoms with Gasteiger partial charge in [0.25, 0.3) is 0 Å². The summed E-state index contributed by atoms with van der Waals surface area (Å²) >= 11 is 0. The third-order valence-electron chi connectivity index (χ3n) is 3.59. The van der Waals surface area contributed by atoms with Gasteiger partial charge in [0.1, 0.15) is 5.75 Å². The maximum absolute atomic E-state index is 5.86. The van der Waals surface area contributed by atoms with Crippen LogP contribution in [-0.4, -0.2) is 16.8 Å². The molecule has 2 rings (SSSR count). The van der Waals surface area contributed by atoms with Crippen LogP contribution in [0.5, 0.6) is 5.75 Å². The van der Waals surface area contributed by atoms with Crippen molar-refractivity contribution in [2.75, 3.05) is 0 Å². The van der Waals surface area contributed by atoms with E-state index in [9.17, 15) is 0 Å². The Balaban J connectivity index is 2.14. The van der Waals surface area contributed by atoms with Gasteiger partial charge in [-0.25, -0.2) is 0 Å². The Bertz CT molecular complexity index is 348. The number of hydrogen-bond donors (Lipinski definition) is 0. The fraction of sp³-hybridized carbons (Fsp3) is 0.571. The van der Waals surface area contributed by atoms with E-state index in [0.717, 1.165) is 5.75 Å². The summed E-state index contributed by atoms with van der Waals surface area (Å²) in [6.45, 7) is 1.96. The minimum atomic E-state index is -0.119. The van der Waals surface area contributed by atoms with Crippen molar-refractivity contribution in [3.63, 3.8) is 0 Å². The summed E-state index contributed by atoms with van der Waals surface area (Å²) in [5, 5.41) is 0. The number of rotatable bonds is 4. The zero-order valence-electron chi connectivity index (χ0n) is 10.8. The van der Waals surface area contributed by atoms with Crippen molar-refractivity contribution in [2.45, 2.75) is 51.2 Å². The molecule has 0 amide bonds. The quantitative estimate of drug-likeness (QED) is 0.604. The van der Waals surface area contributed by atoms with E-state index in [1.54, 1.807) is 0 Å². The van der Waals surface area contributed by atoms with Crippen molar-refractivity contribution >= 4 is 10.5 Å². The summed E-state index contributed by atoms with van der Waals surface area (Å²) in [6, 6.07) is 8.44. The van der Waals surface area contributed by atoms with E-state index >= 15 is 0 Å². The lowest BCUT2D eigenvalue weighted by molar-refractivity contribution is 0.0283. The summed E-state index contributed by atoms with van der Waals surface area (Å²) in [4.78, 5) is 0. The predicted octanol–water partition coefficient (Wildman–Crippen LogP) is 2.76. The molecule has 1 aromatic rings. The Morgan fingerprint density at radius 1 is 1.18 bits per heavy atom. The topological polar surface area (TPSA) is 18.5 Å². The predicted molar refractivity (Wildman–Crippen MR) is 73.4 cm³/mol. The molecule has 1 fully saturated rings. The fourth-order valence-corrected chi connectivity index (χ4v) is 2.66. The van der Waals surface area contributed by atoms with Crippen LogP contribution in [0.3, 0.4) is 0 Å². The summed E-state index contributed by atoms with van der Waals surface area (Å²) in [6.07, 6.45) is 6.58. The lowest BCUT2D eigenvalue weighted by atomic mass is 9.84. The number of hydrogen-bond acceptors (Lipinski definition) is 2. The van der Waals surface area contributed by atoms with Crippen LogP contribution < -0.4 is 4.74 Å². The summed E-state index contributed by atoms with van der Waals surface area (Å²) in [7, 11) is 0.716. The van der Waals surface area contributed by atoms with Gasteiger partial charge in [0.2, 0.25) is 0 Å². The highest BCUT2D eigenvalue weighted by Crippen LogP contribution is 2.37. The molecule has 0 spiro atoms. The first-order valence-corrected chi connectivity index (χ1v) is 7.41. The molecule has 2 nitrogen and oxygen atoms in total. The lowest BCUT2D eigenvalue weighted by Crippen LogP contribution is -2.16. The van der Waals surface area contributed by atoms with Gasteiger partial charge in [0, 0.05) is 0 Å². The molecule has 0 bridgehead atoms. The molecule has 0 N–H and O–H groups in total. The number of para-hydroxylation sites is 1. The highest BCUT2D eigenvalue weighted by molar-refractivity contribution is 5.98. The average Bonchev–Trinajstić information content (AvgIpc) is 2.40. The maximum atomic E-state index is 5.86. The molecule has 1 atom stereocenters. The first-order chi connectivity index (χ1) is 8.31. The monoisotopic (exact) mass is 250 g/mol. The van der Waals surface area contributed by atoms with Gasteiger partial charge in [-0.05, 0) is 37.3 Å². The largest absolute Gasteiger partial charge is 0.466 e. The Morgan fingerprint density at radius 3 is 2.59 bits per heavy atom. The number of ether oxygens (including phenoxy) is 1. The molecule has 94 valence electrons. The van der Waals surface area contributed by atoms with E-state index in [2.05, 4.69) is 18.2 Å². The normalized spacial score (nSPS) is 19.1. The molecule has 17 heavy (non-hydrogen) atoms. The van der Waals surface area contributed by atoms with Gasteiger partial charge in [0.15, 0.2) is 16.8 Å². The molecule has 0 radical (unpaired) electrons. The smallest absolute Gasteiger partial charge is 0.187 e. The summed E-state index contributed by atoms with van der Waals surface area (Å²) < 4.78 is 11.2.